The minimum absolute atomic E-state index is 0.226. The molecule has 0 fully saturated rings. The van der Waals surface area contributed by atoms with Gasteiger partial charge in [0.2, 0.25) is 0 Å². The Kier molecular flexibility index (Phi) is 7.46. The van der Waals surface area contributed by atoms with Crippen molar-refractivity contribution in [2.75, 3.05) is 13.2 Å². The van der Waals surface area contributed by atoms with Gasteiger partial charge in [0.05, 0.1) is 11.1 Å². The molecular formula is C20H25N3O6. The van der Waals surface area contributed by atoms with Crippen molar-refractivity contribution < 1.29 is 28.7 Å². The zero-order valence-corrected chi connectivity index (χ0v) is 16.7. The standard InChI is InChI=1S/C20H25N3O6/c1-4-10-21-20(28)22-15(24)11-29-19(27)16(12(3)5-2)23-17(25)13-8-6-7-9-14(13)18(23)26/h6-9,12,16H,4-5,10-11H2,1-3H3,(H2,21,22,24,28)/t12-,16-/m0/s1. The summed E-state index contributed by atoms with van der Waals surface area (Å²) in [6.45, 7) is 5.09. The molecule has 1 aromatic rings. The summed E-state index contributed by atoms with van der Waals surface area (Å²) in [5.41, 5.74) is 0.452. The number of hydrogen-bond acceptors (Lipinski definition) is 6. The number of fused-ring (bicyclic) bond motifs is 1. The Labute approximate surface area is 168 Å². The first-order chi connectivity index (χ1) is 13.8. The zero-order chi connectivity index (χ0) is 21.6. The van der Waals surface area contributed by atoms with Gasteiger partial charge < -0.3 is 10.1 Å². The van der Waals surface area contributed by atoms with Gasteiger partial charge in [0.1, 0.15) is 6.04 Å². The predicted octanol–water partition coefficient (Wildman–Crippen LogP) is 1.48. The Balaban J connectivity index is 2.08. The van der Waals surface area contributed by atoms with Crippen LogP contribution in [0, 0.1) is 5.92 Å². The first kappa shape index (κ1) is 22.1. The molecule has 0 aliphatic carbocycles. The van der Waals surface area contributed by atoms with Crippen LogP contribution in [0.4, 0.5) is 4.79 Å². The first-order valence-electron chi connectivity index (χ1n) is 9.53. The highest BCUT2D eigenvalue weighted by atomic mass is 16.5. The molecule has 9 heteroatoms. The van der Waals surface area contributed by atoms with E-state index in [1.165, 1.54) is 12.1 Å². The van der Waals surface area contributed by atoms with Crippen LogP contribution in [0.15, 0.2) is 24.3 Å². The third kappa shape index (κ3) is 4.98. The number of benzene rings is 1. The second-order valence-electron chi connectivity index (χ2n) is 6.77. The highest BCUT2D eigenvalue weighted by Crippen LogP contribution is 2.28. The average molecular weight is 403 g/mol. The number of hydrogen-bond donors (Lipinski definition) is 2. The van der Waals surface area contributed by atoms with Gasteiger partial charge in [-0.15, -0.1) is 0 Å². The van der Waals surface area contributed by atoms with Gasteiger partial charge in [0.15, 0.2) is 6.61 Å². The van der Waals surface area contributed by atoms with Gasteiger partial charge in [-0.3, -0.25) is 24.6 Å². The summed E-state index contributed by atoms with van der Waals surface area (Å²) in [6, 6.07) is 4.46. The Morgan fingerprint density at radius 3 is 2.17 bits per heavy atom. The molecule has 2 N–H and O–H groups in total. The number of rotatable bonds is 8. The molecule has 5 amide bonds. The second-order valence-corrected chi connectivity index (χ2v) is 6.77. The number of carbonyl (C=O) groups excluding carboxylic acids is 5. The second kappa shape index (κ2) is 9.81. The van der Waals surface area contributed by atoms with Crippen molar-refractivity contribution in [3.05, 3.63) is 35.4 Å². The van der Waals surface area contributed by atoms with Gasteiger partial charge in [-0.2, -0.15) is 0 Å². The molecule has 0 aromatic heterocycles. The number of amides is 5. The van der Waals surface area contributed by atoms with E-state index >= 15 is 0 Å². The molecule has 0 spiro atoms. The normalized spacial score (nSPS) is 14.8. The number of nitrogens with zero attached hydrogens (tertiary/aromatic N) is 1. The van der Waals surface area contributed by atoms with E-state index < -0.39 is 42.4 Å². The maximum atomic E-state index is 12.7. The Morgan fingerprint density at radius 2 is 1.66 bits per heavy atom. The largest absolute Gasteiger partial charge is 0.454 e. The monoisotopic (exact) mass is 403 g/mol. The van der Waals surface area contributed by atoms with E-state index in [1.54, 1.807) is 19.1 Å². The maximum Gasteiger partial charge on any atom is 0.330 e. The lowest BCUT2D eigenvalue weighted by Gasteiger charge is -2.28. The molecule has 0 bridgehead atoms. The van der Waals surface area contributed by atoms with Gasteiger partial charge in [-0.1, -0.05) is 39.3 Å². The summed E-state index contributed by atoms with van der Waals surface area (Å²) >= 11 is 0. The number of nitrogens with one attached hydrogen (secondary N) is 2. The molecule has 1 aromatic carbocycles. The fourth-order valence-corrected chi connectivity index (χ4v) is 2.94. The van der Waals surface area contributed by atoms with E-state index in [0.717, 1.165) is 4.90 Å². The van der Waals surface area contributed by atoms with Crippen molar-refractivity contribution in [1.29, 1.82) is 0 Å². The molecule has 9 nitrogen and oxygen atoms in total. The van der Waals surface area contributed by atoms with Crippen LogP contribution >= 0.6 is 0 Å². The minimum Gasteiger partial charge on any atom is -0.454 e. The van der Waals surface area contributed by atoms with E-state index in [2.05, 4.69) is 5.32 Å². The summed E-state index contributed by atoms with van der Waals surface area (Å²) in [6.07, 6.45) is 1.20. The molecule has 0 radical (unpaired) electrons. The van der Waals surface area contributed by atoms with E-state index in [4.69, 9.17) is 4.74 Å². The van der Waals surface area contributed by atoms with Gasteiger partial charge in [-0.05, 0) is 24.5 Å². The summed E-state index contributed by atoms with van der Waals surface area (Å²) in [5, 5.41) is 4.50. The average Bonchev–Trinajstić information content (AvgIpc) is 2.96. The SMILES string of the molecule is CCCNC(=O)NC(=O)COC(=O)[C@H]([C@@H](C)CC)N1C(=O)c2ccccc2C1=O. The molecule has 1 aliphatic rings. The van der Waals surface area contributed by atoms with Crippen molar-refractivity contribution in [1.82, 2.24) is 15.5 Å². The van der Waals surface area contributed by atoms with Crippen LogP contribution in [-0.2, 0) is 14.3 Å². The Bertz CT molecular complexity index is 787. The molecule has 0 saturated carbocycles. The lowest BCUT2D eigenvalue weighted by atomic mass is 9.97. The number of imide groups is 2. The fourth-order valence-electron chi connectivity index (χ4n) is 2.94. The molecule has 0 unspecified atom stereocenters. The molecule has 2 atom stereocenters. The summed E-state index contributed by atoms with van der Waals surface area (Å²) < 4.78 is 5.03. The Morgan fingerprint density at radius 1 is 1.07 bits per heavy atom. The van der Waals surface area contributed by atoms with Crippen LogP contribution in [0.5, 0.6) is 0 Å². The van der Waals surface area contributed by atoms with E-state index in [0.29, 0.717) is 19.4 Å². The van der Waals surface area contributed by atoms with Gasteiger partial charge in [0, 0.05) is 6.54 Å². The third-order valence-electron chi connectivity index (χ3n) is 4.66. The molecule has 1 heterocycles. The van der Waals surface area contributed by atoms with E-state index in [9.17, 15) is 24.0 Å². The van der Waals surface area contributed by atoms with Crippen LogP contribution < -0.4 is 10.6 Å². The first-order valence-corrected chi connectivity index (χ1v) is 9.53. The lowest BCUT2D eigenvalue weighted by molar-refractivity contribution is -0.153. The highest BCUT2D eigenvalue weighted by molar-refractivity contribution is 6.22. The van der Waals surface area contributed by atoms with E-state index in [1.807, 2.05) is 19.2 Å². The zero-order valence-electron chi connectivity index (χ0n) is 16.7. The topological polar surface area (TPSA) is 122 Å². The van der Waals surface area contributed by atoms with Crippen LogP contribution in [0.3, 0.4) is 0 Å². The van der Waals surface area contributed by atoms with Crippen molar-refractivity contribution in [2.45, 2.75) is 39.7 Å². The molecule has 29 heavy (non-hydrogen) atoms. The van der Waals surface area contributed by atoms with Crippen LogP contribution in [0.2, 0.25) is 0 Å². The molecule has 0 saturated heterocycles. The number of ether oxygens (including phenoxy) is 1. The van der Waals surface area contributed by atoms with E-state index in [-0.39, 0.29) is 17.0 Å². The number of esters is 1. The lowest BCUT2D eigenvalue weighted by Crippen LogP contribution is -2.50. The fraction of sp³-hybridized carbons (Fsp3) is 0.450. The Hall–Kier alpha value is -3.23. The van der Waals surface area contributed by atoms with Crippen molar-refractivity contribution in [3.63, 3.8) is 0 Å². The number of carbonyl (C=O) groups is 5. The maximum absolute atomic E-state index is 12.7. The molecule has 1 aliphatic heterocycles. The molecule has 156 valence electrons. The summed E-state index contributed by atoms with van der Waals surface area (Å²) in [7, 11) is 0. The third-order valence-corrected chi connectivity index (χ3v) is 4.66. The van der Waals surface area contributed by atoms with Crippen molar-refractivity contribution in [3.8, 4) is 0 Å². The van der Waals surface area contributed by atoms with Gasteiger partial charge >= 0.3 is 12.0 Å². The van der Waals surface area contributed by atoms with Crippen molar-refractivity contribution in [2.24, 2.45) is 5.92 Å². The predicted molar refractivity (Wildman–Crippen MR) is 103 cm³/mol. The van der Waals surface area contributed by atoms with Crippen LogP contribution in [0.25, 0.3) is 0 Å². The quantitative estimate of drug-likeness (QED) is 0.501. The number of urea groups is 1. The smallest absolute Gasteiger partial charge is 0.330 e. The highest BCUT2D eigenvalue weighted by Gasteiger charge is 2.45. The molecular weight excluding hydrogens is 378 g/mol. The minimum atomic E-state index is -1.17. The van der Waals surface area contributed by atoms with Crippen LogP contribution in [0.1, 0.15) is 54.3 Å². The van der Waals surface area contributed by atoms with Crippen LogP contribution in [-0.4, -0.2) is 53.8 Å². The van der Waals surface area contributed by atoms with Gasteiger partial charge in [0.25, 0.3) is 17.7 Å². The van der Waals surface area contributed by atoms with Crippen molar-refractivity contribution >= 4 is 29.7 Å². The van der Waals surface area contributed by atoms with Gasteiger partial charge in [-0.25, -0.2) is 9.59 Å². The summed E-state index contributed by atoms with van der Waals surface area (Å²) in [4.78, 5) is 62.3. The summed E-state index contributed by atoms with van der Waals surface area (Å²) in [5.74, 6) is -3.22. The molecule has 2 rings (SSSR count).